The molecule has 0 radical (unpaired) electrons. The molecule has 0 spiro atoms. The van der Waals surface area contributed by atoms with Crippen LogP contribution < -0.4 is 10.1 Å². The van der Waals surface area contributed by atoms with Crippen molar-refractivity contribution in [2.24, 2.45) is 0 Å². The minimum atomic E-state index is -0.188. The second-order valence-electron chi connectivity index (χ2n) is 4.59. The molecule has 2 nitrogen and oxygen atoms in total. The molecule has 0 saturated carbocycles. The Morgan fingerprint density at radius 3 is 2.55 bits per heavy atom. The molecule has 1 N–H and O–H groups in total. The molecule has 0 fully saturated rings. The van der Waals surface area contributed by atoms with Crippen LogP contribution in [-0.4, -0.2) is 13.2 Å². The Labute approximate surface area is 119 Å². The maximum absolute atomic E-state index is 12.8. The third-order valence-corrected chi connectivity index (χ3v) is 3.09. The summed E-state index contributed by atoms with van der Waals surface area (Å²) in [5.41, 5.74) is 2.30. The summed E-state index contributed by atoms with van der Waals surface area (Å²) in [5.74, 6) is 0.747. The SMILES string of the molecule is CCOc1ccccc1CNCCc1ccc(F)cc1. The van der Waals surface area contributed by atoms with Gasteiger partial charge in [-0.25, -0.2) is 4.39 Å². The summed E-state index contributed by atoms with van der Waals surface area (Å²) in [5, 5.41) is 3.39. The Bertz CT molecular complexity index is 525. The van der Waals surface area contributed by atoms with Crippen molar-refractivity contribution < 1.29 is 9.13 Å². The van der Waals surface area contributed by atoms with Crippen LogP contribution in [0, 0.1) is 5.82 Å². The molecule has 0 saturated heterocycles. The number of nitrogens with one attached hydrogen (secondary N) is 1. The Hall–Kier alpha value is -1.87. The first-order chi connectivity index (χ1) is 9.79. The van der Waals surface area contributed by atoms with Crippen LogP contribution >= 0.6 is 0 Å². The molecule has 2 aromatic rings. The van der Waals surface area contributed by atoms with Crippen molar-refractivity contribution in [1.29, 1.82) is 0 Å². The molecule has 0 amide bonds. The lowest BCUT2D eigenvalue weighted by atomic mass is 10.1. The molecule has 0 aliphatic heterocycles. The first-order valence-electron chi connectivity index (χ1n) is 6.95. The molecule has 2 aromatic carbocycles. The third kappa shape index (κ3) is 4.35. The molecule has 3 heteroatoms. The van der Waals surface area contributed by atoms with E-state index in [0.717, 1.165) is 36.4 Å². The highest BCUT2D eigenvalue weighted by Crippen LogP contribution is 2.17. The summed E-state index contributed by atoms with van der Waals surface area (Å²) in [6, 6.07) is 14.7. The van der Waals surface area contributed by atoms with Crippen LogP contribution in [-0.2, 0) is 13.0 Å². The first-order valence-corrected chi connectivity index (χ1v) is 6.95. The van der Waals surface area contributed by atoms with E-state index in [1.807, 2.05) is 37.3 Å². The lowest BCUT2D eigenvalue weighted by Gasteiger charge is -2.10. The van der Waals surface area contributed by atoms with Crippen molar-refractivity contribution in [2.75, 3.05) is 13.2 Å². The molecular formula is C17H20FNO. The van der Waals surface area contributed by atoms with Gasteiger partial charge in [0, 0.05) is 12.1 Å². The van der Waals surface area contributed by atoms with E-state index in [4.69, 9.17) is 4.74 Å². The van der Waals surface area contributed by atoms with Crippen LogP contribution in [0.1, 0.15) is 18.1 Å². The normalized spacial score (nSPS) is 10.5. The van der Waals surface area contributed by atoms with E-state index in [0.29, 0.717) is 6.61 Å². The molecular weight excluding hydrogens is 253 g/mol. The molecule has 0 unspecified atom stereocenters. The van der Waals surface area contributed by atoms with Gasteiger partial charge in [-0.3, -0.25) is 0 Å². The molecule has 0 heterocycles. The monoisotopic (exact) mass is 273 g/mol. The topological polar surface area (TPSA) is 21.3 Å². The number of hydrogen-bond acceptors (Lipinski definition) is 2. The fraction of sp³-hybridized carbons (Fsp3) is 0.294. The fourth-order valence-corrected chi connectivity index (χ4v) is 2.05. The van der Waals surface area contributed by atoms with E-state index in [-0.39, 0.29) is 5.82 Å². The predicted octanol–water partition coefficient (Wildman–Crippen LogP) is 3.56. The minimum Gasteiger partial charge on any atom is -0.494 e. The average Bonchev–Trinajstić information content (AvgIpc) is 2.47. The van der Waals surface area contributed by atoms with E-state index in [9.17, 15) is 4.39 Å². The van der Waals surface area contributed by atoms with Crippen LogP contribution in [0.3, 0.4) is 0 Å². The average molecular weight is 273 g/mol. The Kier molecular flexibility index (Phi) is 5.56. The van der Waals surface area contributed by atoms with Crippen molar-refractivity contribution in [3.05, 3.63) is 65.5 Å². The lowest BCUT2D eigenvalue weighted by Crippen LogP contribution is -2.17. The number of benzene rings is 2. The van der Waals surface area contributed by atoms with Crippen LogP contribution in [0.15, 0.2) is 48.5 Å². The van der Waals surface area contributed by atoms with Gasteiger partial charge < -0.3 is 10.1 Å². The highest BCUT2D eigenvalue weighted by Gasteiger charge is 2.01. The summed E-state index contributed by atoms with van der Waals surface area (Å²) in [4.78, 5) is 0. The minimum absolute atomic E-state index is 0.188. The summed E-state index contributed by atoms with van der Waals surface area (Å²) in [6.07, 6.45) is 0.886. The van der Waals surface area contributed by atoms with Gasteiger partial charge in [-0.1, -0.05) is 30.3 Å². The largest absolute Gasteiger partial charge is 0.494 e. The maximum atomic E-state index is 12.8. The standard InChI is InChI=1S/C17H20FNO/c1-2-20-17-6-4-3-5-15(17)13-19-12-11-14-7-9-16(18)10-8-14/h3-10,19H,2,11-13H2,1H3. The van der Waals surface area contributed by atoms with Crippen molar-refractivity contribution in [3.63, 3.8) is 0 Å². The Balaban J connectivity index is 1.79. The van der Waals surface area contributed by atoms with Gasteiger partial charge in [0.2, 0.25) is 0 Å². The number of para-hydroxylation sites is 1. The van der Waals surface area contributed by atoms with Gasteiger partial charge in [-0.15, -0.1) is 0 Å². The summed E-state index contributed by atoms with van der Waals surface area (Å²) >= 11 is 0. The quantitative estimate of drug-likeness (QED) is 0.779. The van der Waals surface area contributed by atoms with Crippen molar-refractivity contribution in [3.8, 4) is 5.75 Å². The lowest BCUT2D eigenvalue weighted by molar-refractivity contribution is 0.335. The molecule has 0 atom stereocenters. The van der Waals surface area contributed by atoms with Gasteiger partial charge in [0.1, 0.15) is 11.6 Å². The summed E-state index contributed by atoms with van der Waals surface area (Å²) in [7, 11) is 0. The van der Waals surface area contributed by atoms with Crippen molar-refractivity contribution in [2.45, 2.75) is 19.9 Å². The zero-order valence-electron chi connectivity index (χ0n) is 11.7. The van der Waals surface area contributed by atoms with Crippen LogP contribution in [0.2, 0.25) is 0 Å². The van der Waals surface area contributed by atoms with Gasteiger partial charge in [-0.2, -0.15) is 0 Å². The first kappa shape index (κ1) is 14.5. The second-order valence-corrected chi connectivity index (χ2v) is 4.59. The number of ether oxygens (including phenoxy) is 1. The maximum Gasteiger partial charge on any atom is 0.123 e. The van der Waals surface area contributed by atoms with Gasteiger partial charge in [0.15, 0.2) is 0 Å². The second kappa shape index (κ2) is 7.65. The molecule has 2 rings (SSSR count). The molecule has 0 aromatic heterocycles. The Morgan fingerprint density at radius 1 is 1.05 bits per heavy atom. The molecule has 0 aliphatic rings. The molecule has 0 aliphatic carbocycles. The van der Waals surface area contributed by atoms with Crippen LogP contribution in [0.4, 0.5) is 4.39 Å². The smallest absolute Gasteiger partial charge is 0.123 e. The molecule has 0 bridgehead atoms. The van der Waals surface area contributed by atoms with E-state index in [1.165, 1.54) is 12.1 Å². The highest BCUT2D eigenvalue weighted by molar-refractivity contribution is 5.33. The van der Waals surface area contributed by atoms with Crippen LogP contribution in [0.5, 0.6) is 5.75 Å². The summed E-state index contributed by atoms with van der Waals surface area (Å²) in [6.45, 7) is 4.29. The summed E-state index contributed by atoms with van der Waals surface area (Å²) < 4.78 is 18.4. The number of halogens is 1. The van der Waals surface area contributed by atoms with E-state index in [2.05, 4.69) is 11.4 Å². The Morgan fingerprint density at radius 2 is 1.80 bits per heavy atom. The van der Waals surface area contributed by atoms with Crippen molar-refractivity contribution >= 4 is 0 Å². The van der Waals surface area contributed by atoms with E-state index < -0.39 is 0 Å². The van der Waals surface area contributed by atoms with Crippen molar-refractivity contribution in [1.82, 2.24) is 5.32 Å². The fourth-order valence-electron chi connectivity index (χ4n) is 2.05. The molecule has 106 valence electrons. The number of rotatable bonds is 7. The van der Waals surface area contributed by atoms with Gasteiger partial charge in [-0.05, 0) is 43.7 Å². The zero-order valence-corrected chi connectivity index (χ0v) is 11.7. The highest BCUT2D eigenvalue weighted by atomic mass is 19.1. The van der Waals surface area contributed by atoms with Crippen LogP contribution in [0.25, 0.3) is 0 Å². The third-order valence-electron chi connectivity index (χ3n) is 3.09. The molecule has 20 heavy (non-hydrogen) atoms. The number of hydrogen-bond donors (Lipinski definition) is 1. The zero-order chi connectivity index (χ0) is 14.2. The van der Waals surface area contributed by atoms with Gasteiger partial charge in [0.25, 0.3) is 0 Å². The predicted molar refractivity (Wildman–Crippen MR) is 79.4 cm³/mol. The van der Waals surface area contributed by atoms with E-state index in [1.54, 1.807) is 0 Å². The van der Waals surface area contributed by atoms with E-state index >= 15 is 0 Å². The van der Waals surface area contributed by atoms with Gasteiger partial charge in [0.05, 0.1) is 6.61 Å². The van der Waals surface area contributed by atoms with Gasteiger partial charge >= 0.3 is 0 Å².